The molecule has 0 aromatic carbocycles. The van der Waals surface area contributed by atoms with E-state index in [2.05, 4.69) is 34.7 Å². The first-order valence-corrected chi connectivity index (χ1v) is 8.93. The lowest BCUT2D eigenvalue weighted by Crippen LogP contribution is -2.54. The topological polar surface area (TPSA) is 65.8 Å². The van der Waals surface area contributed by atoms with Crippen molar-refractivity contribution in [3.63, 3.8) is 0 Å². The summed E-state index contributed by atoms with van der Waals surface area (Å²) in [5.41, 5.74) is 3.31. The van der Waals surface area contributed by atoms with Crippen LogP contribution in [0.1, 0.15) is 46.0 Å². The zero-order valence-corrected chi connectivity index (χ0v) is 14.0. The Morgan fingerprint density at radius 1 is 1.43 bits per heavy atom. The number of thioether (sulfide) groups is 1. The molecule has 5 nitrogen and oxygen atoms in total. The van der Waals surface area contributed by atoms with Crippen molar-refractivity contribution in [3.8, 4) is 0 Å². The van der Waals surface area contributed by atoms with E-state index in [-0.39, 0.29) is 5.91 Å². The summed E-state index contributed by atoms with van der Waals surface area (Å²) in [6.07, 6.45) is 9.74. The molecule has 1 spiro atoms. The first kappa shape index (κ1) is 16.3. The maximum Gasteiger partial charge on any atom is 0.278 e. The molecule has 2 rings (SSSR count). The van der Waals surface area contributed by atoms with Crippen LogP contribution >= 0.6 is 11.8 Å². The Balaban J connectivity index is 1.72. The molecule has 2 aliphatic carbocycles. The molecule has 2 fully saturated rings. The summed E-state index contributed by atoms with van der Waals surface area (Å²) in [5, 5.41) is 7.62. The van der Waals surface area contributed by atoms with Crippen LogP contribution in [0.4, 0.5) is 0 Å². The number of carbonyl (C=O) groups is 1. The molecule has 21 heavy (non-hydrogen) atoms. The molecule has 0 atom stereocenters. The molecular weight excluding hydrogens is 284 g/mol. The fourth-order valence-electron chi connectivity index (χ4n) is 3.00. The summed E-state index contributed by atoms with van der Waals surface area (Å²) in [5.74, 6) is 0.444. The smallest absolute Gasteiger partial charge is 0.278 e. The number of nitrogens with one attached hydrogen (secondary N) is 2. The highest BCUT2D eigenvalue weighted by atomic mass is 32.2. The average Bonchev–Trinajstić information content (AvgIpc) is 2.34. The van der Waals surface area contributed by atoms with E-state index < -0.39 is 0 Å². The Morgan fingerprint density at radius 3 is 2.67 bits per heavy atom. The van der Waals surface area contributed by atoms with Gasteiger partial charge in [-0.3, -0.25) is 15.2 Å². The number of aliphatic imine (C=N–C) groups is 1. The third-order valence-electron chi connectivity index (χ3n) is 4.28. The van der Waals surface area contributed by atoms with E-state index in [4.69, 9.17) is 0 Å². The fourth-order valence-corrected chi connectivity index (χ4v) is 3.39. The first-order valence-electron chi connectivity index (χ1n) is 7.71. The number of rotatable bonds is 5. The maximum absolute atomic E-state index is 12.1. The van der Waals surface area contributed by atoms with Gasteiger partial charge in [0.15, 0.2) is 5.04 Å². The van der Waals surface area contributed by atoms with Gasteiger partial charge >= 0.3 is 0 Å². The van der Waals surface area contributed by atoms with Gasteiger partial charge in [0.2, 0.25) is 0 Å². The number of hydrogen-bond acceptors (Lipinski definition) is 4. The standard InChI is InChI=1S/C15H26N4OS/c1-11(2)9-16-10-17-19-14(21-3)13(20)18-12-7-15(8-12)5-4-6-15/h10-12H,4-9H2,1-3H3,(H,16,17)(H,18,20)/b19-14-. The predicted octanol–water partition coefficient (Wildman–Crippen LogP) is 2.39. The highest BCUT2D eigenvalue weighted by molar-refractivity contribution is 8.15. The van der Waals surface area contributed by atoms with Gasteiger partial charge in [-0.1, -0.05) is 20.3 Å². The van der Waals surface area contributed by atoms with Gasteiger partial charge in [0, 0.05) is 12.6 Å². The van der Waals surface area contributed by atoms with Crippen molar-refractivity contribution in [1.29, 1.82) is 0 Å². The number of nitrogens with zero attached hydrogens (tertiary/aromatic N) is 2. The fraction of sp³-hybridized carbons (Fsp3) is 0.800. The highest BCUT2D eigenvalue weighted by Gasteiger charge is 2.48. The van der Waals surface area contributed by atoms with Gasteiger partial charge in [-0.2, -0.15) is 5.10 Å². The van der Waals surface area contributed by atoms with E-state index in [1.165, 1.54) is 31.0 Å². The van der Waals surface area contributed by atoms with Crippen molar-refractivity contribution in [2.45, 2.75) is 52.0 Å². The van der Waals surface area contributed by atoms with Gasteiger partial charge in [-0.25, -0.2) is 0 Å². The minimum absolute atomic E-state index is 0.0774. The molecule has 0 saturated heterocycles. The molecule has 0 radical (unpaired) electrons. The average molecular weight is 310 g/mol. The summed E-state index contributed by atoms with van der Waals surface area (Å²) >= 11 is 1.35. The van der Waals surface area contributed by atoms with Crippen LogP contribution in [0.2, 0.25) is 0 Å². The van der Waals surface area contributed by atoms with Gasteiger partial charge in [0.1, 0.15) is 6.34 Å². The molecule has 118 valence electrons. The minimum Gasteiger partial charge on any atom is -0.347 e. The van der Waals surface area contributed by atoms with Gasteiger partial charge in [0.25, 0.3) is 5.91 Å². The van der Waals surface area contributed by atoms with E-state index in [1.807, 2.05) is 6.26 Å². The normalized spacial score (nSPS) is 21.4. The van der Waals surface area contributed by atoms with Gasteiger partial charge in [-0.05, 0) is 43.3 Å². The summed E-state index contributed by atoms with van der Waals surface area (Å²) in [7, 11) is 0. The number of hydrazone groups is 1. The predicted molar refractivity (Wildman–Crippen MR) is 89.7 cm³/mol. The highest BCUT2D eigenvalue weighted by Crippen LogP contribution is 2.55. The Hall–Kier alpha value is -1.04. The third-order valence-corrected chi connectivity index (χ3v) is 4.94. The van der Waals surface area contributed by atoms with Gasteiger partial charge in [0.05, 0.1) is 0 Å². The molecule has 0 aromatic rings. The maximum atomic E-state index is 12.1. The second-order valence-electron chi connectivity index (χ2n) is 6.57. The summed E-state index contributed by atoms with van der Waals surface area (Å²) < 4.78 is 0. The van der Waals surface area contributed by atoms with Crippen molar-refractivity contribution >= 4 is 29.1 Å². The lowest BCUT2D eigenvalue weighted by atomic mass is 9.54. The zero-order chi connectivity index (χ0) is 15.3. The SMILES string of the molecule is CS/C(=N\NC=NCC(C)C)C(=O)NC1CC2(CCC2)C1. The second kappa shape index (κ2) is 7.29. The monoisotopic (exact) mass is 310 g/mol. The zero-order valence-electron chi connectivity index (χ0n) is 13.2. The summed E-state index contributed by atoms with van der Waals surface area (Å²) in [6, 6.07) is 0.338. The lowest BCUT2D eigenvalue weighted by Gasteiger charge is -2.54. The van der Waals surface area contributed by atoms with E-state index in [9.17, 15) is 4.79 Å². The van der Waals surface area contributed by atoms with Crippen LogP contribution in [-0.4, -0.2) is 36.1 Å². The van der Waals surface area contributed by atoms with Crippen molar-refractivity contribution in [3.05, 3.63) is 0 Å². The van der Waals surface area contributed by atoms with Crippen LogP contribution in [0.25, 0.3) is 0 Å². The molecule has 2 saturated carbocycles. The molecule has 0 aliphatic heterocycles. The molecule has 0 unspecified atom stereocenters. The van der Waals surface area contributed by atoms with Gasteiger partial charge in [-0.15, -0.1) is 11.8 Å². The van der Waals surface area contributed by atoms with Crippen LogP contribution in [0.5, 0.6) is 0 Å². The third kappa shape index (κ3) is 4.46. The molecule has 6 heteroatoms. The first-order chi connectivity index (χ1) is 10.0. The minimum atomic E-state index is -0.0774. The van der Waals surface area contributed by atoms with Crippen LogP contribution in [0, 0.1) is 11.3 Å². The molecule has 0 heterocycles. The number of hydrogen-bond donors (Lipinski definition) is 2. The van der Waals surface area contributed by atoms with E-state index in [0.29, 0.717) is 22.4 Å². The second-order valence-corrected chi connectivity index (χ2v) is 7.37. The van der Waals surface area contributed by atoms with Crippen LogP contribution in [-0.2, 0) is 4.79 Å². The Bertz CT molecular complexity index is 421. The number of carbonyl (C=O) groups excluding carboxylic acids is 1. The molecule has 2 N–H and O–H groups in total. The molecule has 2 aliphatic rings. The lowest BCUT2D eigenvalue weighted by molar-refractivity contribution is -0.117. The van der Waals surface area contributed by atoms with Crippen LogP contribution in [0.3, 0.4) is 0 Å². The Morgan fingerprint density at radius 2 is 2.14 bits per heavy atom. The van der Waals surface area contributed by atoms with E-state index in [0.717, 1.165) is 19.4 Å². The molecule has 0 bridgehead atoms. The molecule has 1 amide bonds. The quantitative estimate of drug-likeness (QED) is 0.465. The molecular formula is C15H26N4OS. The number of amides is 1. The van der Waals surface area contributed by atoms with Crippen molar-refractivity contribution < 1.29 is 4.79 Å². The van der Waals surface area contributed by atoms with Crippen LogP contribution < -0.4 is 10.7 Å². The Kier molecular flexibility index (Phi) is 5.67. The largest absolute Gasteiger partial charge is 0.347 e. The van der Waals surface area contributed by atoms with Crippen LogP contribution in [0.15, 0.2) is 10.1 Å². The Labute approximate surface area is 131 Å². The van der Waals surface area contributed by atoms with E-state index in [1.54, 1.807) is 6.34 Å². The van der Waals surface area contributed by atoms with Crippen molar-refractivity contribution in [2.24, 2.45) is 21.4 Å². The summed E-state index contributed by atoms with van der Waals surface area (Å²) in [4.78, 5) is 16.3. The van der Waals surface area contributed by atoms with E-state index >= 15 is 0 Å². The van der Waals surface area contributed by atoms with Crippen molar-refractivity contribution in [2.75, 3.05) is 12.8 Å². The van der Waals surface area contributed by atoms with Crippen molar-refractivity contribution in [1.82, 2.24) is 10.7 Å². The summed E-state index contributed by atoms with van der Waals surface area (Å²) in [6.45, 7) is 4.97. The molecule has 0 aromatic heterocycles. The van der Waals surface area contributed by atoms with Gasteiger partial charge < -0.3 is 5.32 Å².